The second-order valence-electron chi connectivity index (χ2n) is 10.6. The van der Waals surface area contributed by atoms with Crippen LogP contribution in [0.3, 0.4) is 0 Å². The maximum absolute atomic E-state index is 6.47. The Labute approximate surface area is 245 Å². The number of para-hydroxylation sites is 2. The highest BCUT2D eigenvalue weighted by molar-refractivity contribution is 7.21. The zero-order valence-electron chi connectivity index (χ0n) is 22.4. The van der Waals surface area contributed by atoms with Gasteiger partial charge in [0.15, 0.2) is 0 Å². The number of fused-ring (bicyclic) bond motifs is 8. The standard InChI is InChI=1S/C38H22N2OS/c1-2-8-25(9-3-1)38-40-32-22-26(18-21-34(32)42-38)23-14-16-24(17-15-23)36-30-20-19-28-27-10-5-7-13-33(27)41-37(28)35(30)29-11-4-6-12-31(29)39-36/h1-22H. The first kappa shape index (κ1) is 23.4. The number of benzene rings is 6. The number of hydrogen-bond acceptors (Lipinski definition) is 4. The van der Waals surface area contributed by atoms with Crippen LogP contribution in [0.1, 0.15) is 0 Å². The molecule has 0 atom stereocenters. The quantitative estimate of drug-likeness (QED) is 0.204. The summed E-state index contributed by atoms with van der Waals surface area (Å²) in [4.78, 5) is 10.1. The molecule has 0 unspecified atom stereocenters. The lowest BCUT2D eigenvalue weighted by Gasteiger charge is -2.11. The number of thiazole rings is 1. The summed E-state index contributed by atoms with van der Waals surface area (Å²) in [6.45, 7) is 0. The molecule has 0 saturated heterocycles. The van der Waals surface area contributed by atoms with E-state index in [1.807, 2.05) is 24.3 Å². The summed E-state index contributed by atoms with van der Waals surface area (Å²) >= 11 is 1.73. The summed E-state index contributed by atoms with van der Waals surface area (Å²) in [5.41, 5.74) is 9.29. The van der Waals surface area contributed by atoms with Gasteiger partial charge in [0.1, 0.15) is 16.2 Å². The molecule has 0 aliphatic heterocycles. The number of aromatic nitrogens is 2. The van der Waals surface area contributed by atoms with Gasteiger partial charge in [-0.1, -0.05) is 103 Å². The van der Waals surface area contributed by atoms with Crippen molar-refractivity contribution in [2.45, 2.75) is 0 Å². The first-order chi connectivity index (χ1) is 20.8. The second kappa shape index (κ2) is 9.10. The predicted octanol–water partition coefficient (Wildman–Crippen LogP) is 10.9. The van der Waals surface area contributed by atoms with Gasteiger partial charge in [0.05, 0.1) is 21.4 Å². The van der Waals surface area contributed by atoms with Crippen molar-refractivity contribution in [2.24, 2.45) is 0 Å². The highest BCUT2D eigenvalue weighted by atomic mass is 32.1. The summed E-state index contributed by atoms with van der Waals surface area (Å²) in [6.07, 6.45) is 0. The van der Waals surface area contributed by atoms with Crippen LogP contribution in [0.4, 0.5) is 0 Å². The van der Waals surface area contributed by atoms with Crippen LogP contribution in [0.25, 0.3) is 86.8 Å². The van der Waals surface area contributed by atoms with Gasteiger partial charge < -0.3 is 4.42 Å². The molecule has 0 saturated carbocycles. The highest BCUT2D eigenvalue weighted by Crippen LogP contribution is 2.41. The van der Waals surface area contributed by atoms with Crippen LogP contribution >= 0.6 is 11.3 Å². The van der Waals surface area contributed by atoms with Crippen LogP contribution < -0.4 is 0 Å². The zero-order chi connectivity index (χ0) is 27.6. The third kappa shape index (κ3) is 3.59. The molecule has 9 rings (SSSR count). The monoisotopic (exact) mass is 554 g/mol. The minimum Gasteiger partial charge on any atom is -0.455 e. The molecule has 3 aromatic heterocycles. The number of rotatable bonds is 3. The lowest BCUT2D eigenvalue weighted by atomic mass is 9.96. The van der Waals surface area contributed by atoms with Gasteiger partial charge in [-0.2, -0.15) is 0 Å². The predicted molar refractivity (Wildman–Crippen MR) is 176 cm³/mol. The van der Waals surface area contributed by atoms with E-state index in [1.165, 1.54) is 4.70 Å². The fourth-order valence-electron chi connectivity index (χ4n) is 6.07. The zero-order valence-corrected chi connectivity index (χ0v) is 23.2. The Bertz CT molecular complexity index is 2450. The Balaban J connectivity index is 1.18. The van der Waals surface area contributed by atoms with Crippen molar-refractivity contribution in [1.29, 1.82) is 0 Å². The van der Waals surface area contributed by atoms with Gasteiger partial charge in [-0.05, 0) is 41.5 Å². The van der Waals surface area contributed by atoms with E-state index in [1.54, 1.807) is 11.3 Å². The average molecular weight is 555 g/mol. The van der Waals surface area contributed by atoms with E-state index in [0.29, 0.717) is 0 Å². The van der Waals surface area contributed by atoms with Crippen LogP contribution in [0.2, 0.25) is 0 Å². The Morgan fingerprint density at radius 1 is 0.476 bits per heavy atom. The van der Waals surface area contributed by atoms with E-state index >= 15 is 0 Å². The van der Waals surface area contributed by atoms with Crippen molar-refractivity contribution in [3.8, 4) is 33.0 Å². The molecule has 0 fully saturated rings. The summed E-state index contributed by atoms with van der Waals surface area (Å²) in [5.74, 6) is 0. The van der Waals surface area contributed by atoms with Gasteiger partial charge in [-0.25, -0.2) is 9.97 Å². The summed E-state index contributed by atoms with van der Waals surface area (Å²) in [7, 11) is 0. The smallest absolute Gasteiger partial charge is 0.144 e. The van der Waals surface area contributed by atoms with Crippen molar-refractivity contribution in [3.05, 3.63) is 133 Å². The van der Waals surface area contributed by atoms with Crippen molar-refractivity contribution in [2.75, 3.05) is 0 Å². The number of hydrogen-bond donors (Lipinski definition) is 0. The van der Waals surface area contributed by atoms with Crippen LogP contribution in [0, 0.1) is 0 Å². The first-order valence-corrected chi connectivity index (χ1v) is 14.8. The minimum atomic E-state index is 0.903. The van der Waals surface area contributed by atoms with Crippen molar-refractivity contribution in [1.82, 2.24) is 9.97 Å². The SMILES string of the molecule is c1ccc(-c2nc3cc(-c4ccc(-c5nc6ccccc6c6c5ccc5c7ccccc7oc56)cc4)ccc3s2)cc1. The third-order valence-corrected chi connectivity index (χ3v) is 9.19. The Kier molecular flexibility index (Phi) is 5.07. The van der Waals surface area contributed by atoms with Gasteiger partial charge in [-0.15, -0.1) is 11.3 Å². The molecule has 9 aromatic rings. The summed E-state index contributed by atoms with van der Waals surface area (Å²) in [6, 6.07) is 46.6. The molecule has 0 radical (unpaired) electrons. The fraction of sp³-hybridized carbons (Fsp3) is 0. The Hall–Kier alpha value is -5.32. The van der Waals surface area contributed by atoms with Crippen LogP contribution in [0.5, 0.6) is 0 Å². The van der Waals surface area contributed by atoms with Crippen molar-refractivity contribution in [3.63, 3.8) is 0 Å². The van der Waals surface area contributed by atoms with Crippen LogP contribution in [0.15, 0.2) is 138 Å². The minimum absolute atomic E-state index is 0.903. The Morgan fingerprint density at radius 3 is 2.07 bits per heavy atom. The summed E-state index contributed by atoms with van der Waals surface area (Å²) in [5, 5.41) is 6.61. The van der Waals surface area contributed by atoms with Gasteiger partial charge in [-0.3, -0.25) is 0 Å². The maximum Gasteiger partial charge on any atom is 0.144 e. The number of pyridine rings is 1. The van der Waals surface area contributed by atoms with Crippen LogP contribution in [-0.2, 0) is 0 Å². The number of nitrogens with zero attached hydrogens (tertiary/aromatic N) is 2. The largest absolute Gasteiger partial charge is 0.455 e. The molecule has 0 aliphatic rings. The fourth-order valence-corrected chi connectivity index (χ4v) is 7.02. The van der Waals surface area contributed by atoms with E-state index < -0.39 is 0 Å². The molecule has 0 spiro atoms. The van der Waals surface area contributed by atoms with Crippen molar-refractivity contribution < 1.29 is 4.42 Å². The molecule has 0 N–H and O–H groups in total. The topological polar surface area (TPSA) is 38.9 Å². The lowest BCUT2D eigenvalue weighted by Crippen LogP contribution is -1.90. The van der Waals surface area contributed by atoms with Gasteiger partial charge in [0.25, 0.3) is 0 Å². The molecule has 3 nitrogen and oxygen atoms in total. The molecule has 3 heterocycles. The lowest BCUT2D eigenvalue weighted by molar-refractivity contribution is 0.673. The first-order valence-electron chi connectivity index (χ1n) is 14.0. The third-order valence-electron chi connectivity index (χ3n) is 8.11. The highest BCUT2D eigenvalue weighted by Gasteiger charge is 2.17. The van der Waals surface area contributed by atoms with Crippen molar-refractivity contribution >= 4 is 65.2 Å². The molecule has 196 valence electrons. The second-order valence-corrected chi connectivity index (χ2v) is 11.6. The van der Waals surface area contributed by atoms with Gasteiger partial charge in [0, 0.05) is 38.1 Å². The molecule has 0 bridgehead atoms. The van der Waals surface area contributed by atoms with Gasteiger partial charge >= 0.3 is 0 Å². The molecule has 4 heteroatoms. The molecule has 6 aromatic carbocycles. The molecular weight excluding hydrogens is 532 g/mol. The Morgan fingerprint density at radius 2 is 1.19 bits per heavy atom. The van der Waals surface area contributed by atoms with E-state index in [9.17, 15) is 0 Å². The molecule has 42 heavy (non-hydrogen) atoms. The van der Waals surface area contributed by atoms with E-state index in [0.717, 1.165) is 82.1 Å². The molecular formula is C38H22N2OS. The summed E-state index contributed by atoms with van der Waals surface area (Å²) < 4.78 is 7.67. The average Bonchev–Trinajstić information content (AvgIpc) is 3.66. The van der Waals surface area contributed by atoms with Gasteiger partial charge in [0.2, 0.25) is 0 Å². The van der Waals surface area contributed by atoms with E-state index in [2.05, 4.69) is 109 Å². The maximum atomic E-state index is 6.47. The number of furan rings is 1. The van der Waals surface area contributed by atoms with E-state index in [-0.39, 0.29) is 0 Å². The molecule has 0 amide bonds. The van der Waals surface area contributed by atoms with Crippen LogP contribution in [-0.4, -0.2) is 9.97 Å². The molecule has 0 aliphatic carbocycles. The van der Waals surface area contributed by atoms with E-state index in [4.69, 9.17) is 14.4 Å². The normalized spacial score (nSPS) is 11.8.